The van der Waals surface area contributed by atoms with Gasteiger partial charge in [-0.3, -0.25) is 9.59 Å². The van der Waals surface area contributed by atoms with Gasteiger partial charge in [0.25, 0.3) is 10.0 Å². The lowest BCUT2D eigenvalue weighted by molar-refractivity contribution is -0.140. The van der Waals surface area contributed by atoms with Crippen molar-refractivity contribution in [2.45, 2.75) is 38.1 Å². The van der Waals surface area contributed by atoms with E-state index in [9.17, 15) is 18.0 Å². The number of piperidine rings is 1. The molecule has 1 fully saturated rings. The number of carbonyl (C=O) groups is 2. The van der Waals surface area contributed by atoms with Gasteiger partial charge in [-0.2, -0.15) is 4.31 Å². The number of imidazole rings is 1. The first-order valence-electron chi connectivity index (χ1n) is 8.67. The first kappa shape index (κ1) is 20.4. The topological polar surface area (TPSA) is 113 Å². The van der Waals surface area contributed by atoms with Gasteiger partial charge >= 0.3 is 5.97 Å². The number of rotatable bonds is 7. The summed E-state index contributed by atoms with van der Waals surface area (Å²) in [5, 5.41) is 8.81. The highest BCUT2D eigenvalue weighted by Crippen LogP contribution is 2.25. The van der Waals surface area contributed by atoms with E-state index in [2.05, 4.69) is 4.98 Å². The Labute approximate surface area is 153 Å². The molecule has 10 heteroatoms. The van der Waals surface area contributed by atoms with Gasteiger partial charge in [0.15, 0.2) is 5.03 Å². The second-order valence-electron chi connectivity index (χ2n) is 6.48. The van der Waals surface area contributed by atoms with E-state index in [0.717, 1.165) is 0 Å². The molecule has 0 bridgehead atoms. The Morgan fingerprint density at radius 3 is 2.42 bits per heavy atom. The van der Waals surface area contributed by atoms with Crippen molar-refractivity contribution < 1.29 is 23.1 Å². The Bertz CT molecular complexity index is 746. The van der Waals surface area contributed by atoms with Crippen molar-refractivity contribution in [3.8, 4) is 0 Å². The predicted molar refractivity (Wildman–Crippen MR) is 93.9 cm³/mol. The molecule has 1 N–H and O–H groups in total. The third kappa shape index (κ3) is 4.42. The first-order valence-corrected chi connectivity index (χ1v) is 10.1. The smallest absolute Gasteiger partial charge is 0.305 e. The van der Waals surface area contributed by atoms with E-state index in [-0.39, 0.29) is 42.9 Å². The lowest BCUT2D eigenvalue weighted by Gasteiger charge is -2.32. The highest BCUT2D eigenvalue weighted by atomic mass is 32.2. The largest absolute Gasteiger partial charge is 0.481 e. The number of aliphatic carboxylic acids is 1. The molecule has 0 spiro atoms. The molecular weight excluding hydrogens is 360 g/mol. The number of carboxylic acid groups (broad SMARTS) is 1. The Kier molecular flexibility index (Phi) is 6.40. The fraction of sp³-hybridized carbons (Fsp3) is 0.688. The summed E-state index contributed by atoms with van der Waals surface area (Å²) in [7, 11) is -1.92. The van der Waals surface area contributed by atoms with Crippen LogP contribution in [0, 0.1) is 12.8 Å². The SMILES string of the molecule is CCN(CCC(=O)O)C(=O)C1CCN(S(=O)(=O)c2cn(C)c(C)n2)CC1. The van der Waals surface area contributed by atoms with E-state index in [1.54, 1.807) is 18.5 Å². The molecular formula is C16H26N4O5S. The molecule has 9 nitrogen and oxygen atoms in total. The highest BCUT2D eigenvalue weighted by molar-refractivity contribution is 7.89. The average molecular weight is 386 g/mol. The lowest BCUT2D eigenvalue weighted by Crippen LogP contribution is -2.44. The molecule has 0 aliphatic carbocycles. The van der Waals surface area contributed by atoms with Crippen LogP contribution in [-0.2, 0) is 26.7 Å². The molecule has 0 atom stereocenters. The molecule has 2 rings (SSSR count). The zero-order valence-corrected chi connectivity index (χ0v) is 16.2. The van der Waals surface area contributed by atoms with Gasteiger partial charge in [-0.15, -0.1) is 0 Å². The number of carbonyl (C=O) groups excluding carboxylic acids is 1. The minimum absolute atomic E-state index is 0.0268. The fourth-order valence-electron chi connectivity index (χ4n) is 3.04. The molecule has 1 aromatic rings. The van der Waals surface area contributed by atoms with E-state index in [4.69, 9.17) is 5.11 Å². The van der Waals surface area contributed by atoms with Crippen molar-refractivity contribution in [1.29, 1.82) is 0 Å². The summed E-state index contributed by atoms with van der Waals surface area (Å²) in [6, 6.07) is 0. The molecule has 0 unspecified atom stereocenters. The van der Waals surface area contributed by atoms with Crippen LogP contribution in [-0.4, -0.2) is 70.3 Å². The van der Waals surface area contributed by atoms with E-state index in [0.29, 0.717) is 25.2 Å². The molecule has 0 radical (unpaired) electrons. The van der Waals surface area contributed by atoms with Crippen LogP contribution in [0.1, 0.15) is 32.0 Å². The standard InChI is InChI=1S/C16H26N4O5S/c1-4-19(8-7-15(21)22)16(23)13-5-9-20(10-6-13)26(24,25)14-11-18(3)12(2)17-14/h11,13H,4-10H2,1-3H3,(H,21,22). The van der Waals surface area contributed by atoms with Crippen molar-refractivity contribution in [2.75, 3.05) is 26.2 Å². The number of carboxylic acids is 1. The lowest BCUT2D eigenvalue weighted by atomic mass is 9.96. The zero-order valence-electron chi connectivity index (χ0n) is 15.4. The molecule has 2 heterocycles. The number of hydrogen-bond donors (Lipinski definition) is 1. The van der Waals surface area contributed by atoms with Gasteiger partial charge in [0.2, 0.25) is 5.91 Å². The minimum atomic E-state index is -3.66. The zero-order chi connectivity index (χ0) is 19.5. The number of aryl methyl sites for hydroxylation is 2. The summed E-state index contributed by atoms with van der Waals surface area (Å²) < 4.78 is 28.4. The van der Waals surface area contributed by atoms with Crippen LogP contribution in [0.2, 0.25) is 0 Å². The number of nitrogens with zero attached hydrogens (tertiary/aromatic N) is 4. The van der Waals surface area contributed by atoms with Crippen LogP contribution in [0.15, 0.2) is 11.2 Å². The molecule has 146 valence electrons. The van der Waals surface area contributed by atoms with Crippen LogP contribution in [0.4, 0.5) is 0 Å². The maximum absolute atomic E-state index is 12.7. The van der Waals surface area contributed by atoms with Crippen molar-refractivity contribution >= 4 is 21.9 Å². The van der Waals surface area contributed by atoms with Gasteiger partial charge in [-0.05, 0) is 26.7 Å². The molecule has 1 saturated heterocycles. The van der Waals surface area contributed by atoms with Crippen LogP contribution in [0.5, 0.6) is 0 Å². The van der Waals surface area contributed by atoms with E-state index < -0.39 is 16.0 Å². The quantitative estimate of drug-likeness (QED) is 0.728. The summed E-state index contributed by atoms with van der Waals surface area (Å²) in [6.07, 6.45) is 2.25. The van der Waals surface area contributed by atoms with Crippen molar-refractivity contribution in [3.05, 3.63) is 12.0 Å². The second kappa shape index (κ2) is 8.17. The van der Waals surface area contributed by atoms with Gasteiger partial charge in [0.1, 0.15) is 5.82 Å². The van der Waals surface area contributed by atoms with Crippen molar-refractivity contribution in [2.24, 2.45) is 13.0 Å². The van der Waals surface area contributed by atoms with Crippen LogP contribution >= 0.6 is 0 Å². The van der Waals surface area contributed by atoms with Gasteiger partial charge in [-0.1, -0.05) is 0 Å². The molecule has 26 heavy (non-hydrogen) atoms. The second-order valence-corrected chi connectivity index (χ2v) is 8.36. The van der Waals surface area contributed by atoms with Crippen molar-refractivity contribution in [1.82, 2.24) is 18.8 Å². The van der Waals surface area contributed by atoms with Crippen LogP contribution in [0.3, 0.4) is 0 Å². The summed E-state index contributed by atoms with van der Waals surface area (Å²) in [5.41, 5.74) is 0. The maximum Gasteiger partial charge on any atom is 0.305 e. The van der Waals surface area contributed by atoms with Gasteiger partial charge in [0, 0.05) is 45.3 Å². The molecule has 1 amide bonds. The normalized spacial score (nSPS) is 16.6. The fourth-order valence-corrected chi connectivity index (χ4v) is 4.53. The third-order valence-corrected chi connectivity index (χ3v) is 6.55. The number of hydrogen-bond acceptors (Lipinski definition) is 5. The summed E-state index contributed by atoms with van der Waals surface area (Å²) in [5.74, 6) is -0.700. The number of sulfonamides is 1. The summed E-state index contributed by atoms with van der Waals surface area (Å²) in [6.45, 7) is 4.67. The first-order chi connectivity index (χ1) is 12.2. The Morgan fingerprint density at radius 1 is 1.35 bits per heavy atom. The van der Waals surface area contributed by atoms with E-state index in [1.165, 1.54) is 15.4 Å². The molecule has 0 saturated carbocycles. The predicted octanol–water partition coefficient (Wildman–Crippen LogP) is 0.452. The number of aromatic nitrogens is 2. The average Bonchev–Trinajstić information content (AvgIpc) is 2.95. The van der Waals surface area contributed by atoms with Crippen molar-refractivity contribution in [3.63, 3.8) is 0 Å². The Hall–Kier alpha value is -1.94. The van der Waals surface area contributed by atoms with Gasteiger partial charge in [0.05, 0.1) is 6.42 Å². The van der Waals surface area contributed by atoms with Crippen LogP contribution < -0.4 is 0 Å². The van der Waals surface area contributed by atoms with Crippen LogP contribution in [0.25, 0.3) is 0 Å². The van der Waals surface area contributed by atoms with Gasteiger partial charge in [-0.25, -0.2) is 13.4 Å². The monoisotopic (exact) mass is 386 g/mol. The molecule has 1 aliphatic rings. The minimum Gasteiger partial charge on any atom is -0.481 e. The molecule has 1 aromatic heterocycles. The molecule has 0 aromatic carbocycles. The Balaban J connectivity index is 1.99. The maximum atomic E-state index is 12.7. The van der Waals surface area contributed by atoms with Gasteiger partial charge < -0.3 is 14.6 Å². The summed E-state index contributed by atoms with van der Waals surface area (Å²) in [4.78, 5) is 28.9. The van der Waals surface area contributed by atoms with E-state index >= 15 is 0 Å². The Morgan fingerprint density at radius 2 is 1.96 bits per heavy atom. The summed E-state index contributed by atoms with van der Waals surface area (Å²) >= 11 is 0. The number of amides is 1. The molecule has 1 aliphatic heterocycles. The third-order valence-electron chi connectivity index (χ3n) is 4.78. The highest BCUT2D eigenvalue weighted by Gasteiger charge is 2.34. The van der Waals surface area contributed by atoms with E-state index in [1.807, 2.05) is 6.92 Å².